The standard InChI is InChI=1S/C11H11I3N2O3/c1-2-5(17)16-3-4-7(12)6(11(18)19)9(14)10(15)8(4)13/h2-3,15H2,1H3,(H,16,17)(H,18,19). The molecule has 0 aliphatic heterocycles. The van der Waals surface area contributed by atoms with E-state index in [1.54, 1.807) is 6.92 Å². The number of rotatable bonds is 4. The van der Waals surface area contributed by atoms with Crippen LogP contribution >= 0.6 is 67.8 Å². The van der Waals surface area contributed by atoms with Crippen LogP contribution in [-0.4, -0.2) is 17.0 Å². The van der Waals surface area contributed by atoms with E-state index in [1.165, 1.54) is 0 Å². The summed E-state index contributed by atoms with van der Waals surface area (Å²) in [5.74, 6) is -1.10. The van der Waals surface area contributed by atoms with Gasteiger partial charge in [0.05, 0.1) is 14.8 Å². The molecule has 0 spiro atoms. The van der Waals surface area contributed by atoms with Crippen molar-refractivity contribution in [3.05, 3.63) is 21.8 Å². The summed E-state index contributed by atoms with van der Waals surface area (Å²) in [6, 6.07) is 0. The van der Waals surface area contributed by atoms with Gasteiger partial charge in [-0.05, 0) is 67.8 Å². The fraction of sp³-hybridized carbons (Fsp3) is 0.273. The van der Waals surface area contributed by atoms with Gasteiger partial charge < -0.3 is 16.2 Å². The number of amides is 1. The second-order valence-corrected chi connectivity index (χ2v) is 6.88. The van der Waals surface area contributed by atoms with Crippen molar-refractivity contribution in [2.24, 2.45) is 0 Å². The molecule has 0 heterocycles. The highest BCUT2D eigenvalue weighted by Gasteiger charge is 2.22. The number of carbonyl (C=O) groups is 2. The number of nitrogens with two attached hydrogens (primary N) is 1. The van der Waals surface area contributed by atoms with E-state index in [0.717, 1.165) is 9.13 Å². The number of halogens is 3. The quantitative estimate of drug-likeness (QED) is 0.367. The molecule has 0 atom stereocenters. The van der Waals surface area contributed by atoms with Gasteiger partial charge in [-0.2, -0.15) is 0 Å². The maximum Gasteiger partial charge on any atom is 0.337 e. The minimum Gasteiger partial charge on any atom is -0.478 e. The Bertz CT molecular complexity index is 547. The second-order valence-electron chi connectivity index (χ2n) is 3.64. The molecule has 0 aromatic heterocycles. The highest BCUT2D eigenvalue weighted by molar-refractivity contribution is 14.1. The second kappa shape index (κ2) is 7.24. The minimum absolute atomic E-state index is 0.0828. The van der Waals surface area contributed by atoms with Gasteiger partial charge in [0, 0.05) is 25.7 Å². The summed E-state index contributed by atoms with van der Waals surface area (Å²) in [6.07, 6.45) is 0.388. The third-order valence-electron chi connectivity index (χ3n) is 2.44. The van der Waals surface area contributed by atoms with E-state index in [1.807, 2.05) is 45.2 Å². The Hall–Kier alpha value is 0.150. The normalized spacial score (nSPS) is 10.3. The van der Waals surface area contributed by atoms with Crippen molar-refractivity contribution < 1.29 is 14.7 Å². The van der Waals surface area contributed by atoms with E-state index >= 15 is 0 Å². The molecule has 0 aliphatic carbocycles. The average Bonchev–Trinajstić information content (AvgIpc) is 2.35. The monoisotopic (exact) mass is 600 g/mol. The van der Waals surface area contributed by atoms with Crippen LogP contribution in [0.25, 0.3) is 0 Å². The van der Waals surface area contributed by atoms with E-state index in [9.17, 15) is 14.7 Å². The SMILES string of the molecule is CCC(=O)NCc1c(I)c(N)c(I)c(C(=O)O)c1I. The lowest BCUT2D eigenvalue weighted by molar-refractivity contribution is -0.120. The molecule has 0 unspecified atom stereocenters. The molecule has 4 N–H and O–H groups in total. The fourth-order valence-electron chi connectivity index (χ4n) is 1.39. The molecule has 0 radical (unpaired) electrons. The van der Waals surface area contributed by atoms with Crippen molar-refractivity contribution in [2.45, 2.75) is 19.9 Å². The number of carboxylic acid groups (broad SMARTS) is 1. The Kier molecular flexibility index (Phi) is 6.56. The molecule has 5 nitrogen and oxygen atoms in total. The number of hydrogen-bond donors (Lipinski definition) is 3. The van der Waals surface area contributed by atoms with Crippen molar-refractivity contribution >= 4 is 85.3 Å². The molecule has 0 bridgehead atoms. The lowest BCUT2D eigenvalue weighted by Crippen LogP contribution is -2.24. The molecular formula is C11H11I3N2O3. The number of nitrogens with one attached hydrogen (secondary N) is 1. The first-order valence-electron chi connectivity index (χ1n) is 5.26. The summed E-state index contributed by atoms with van der Waals surface area (Å²) in [5, 5.41) is 12.0. The van der Waals surface area contributed by atoms with Crippen LogP contribution in [0.4, 0.5) is 5.69 Å². The molecule has 0 aliphatic rings. The average molecular weight is 600 g/mol. The van der Waals surface area contributed by atoms with Crippen molar-refractivity contribution in [1.29, 1.82) is 0 Å². The van der Waals surface area contributed by atoms with Gasteiger partial charge in [0.25, 0.3) is 0 Å². The Balaban J connectivity index is 3.31. The molecule has 0 fully saturated rings. The summed E-state index contributed by atoms with van der Waals surface area (Å²) in [7, 11) is 0. The highest BCUT2D eigenvalue weighted by Crippen LogP contribution is 2.33. The summed E-state index contributed by atoms with van der Waals surface area (Å²) in [5.41, 5.74) is 7.32. The molecule has 8 heteroatoms. The van der Waals surface area contributed by atoms with Crippen LogP contribution in [-0.2, 0) is 11.3 Å². The predicted molar refractivity (Wildman–Crippen MR) is 98.1 cm³/mol. The van der Waals surface area contributed by atoms with Crippen molar-refractivity contribution in [3.8, 4) is 0 Å². The lowest BCUT2D eigenvalue weighted by Gasteiger charge is -2.15. The topological polar surface area (TPSA) is 92.4 Å². The van der Waals surface area contributed by atoms with Crippen molar-refractivity contribution in [3.63, 3.8) is 0 Å². The van der Waals surface area contributed by atoms with Gasteiger partial charge in [0.2, 0.25) is 5.91 Å². The van der Waals surface area contributed by atoms with Crippen LogP contribution < -0.4 is 11.1 Å². The van der Waals surface area contributed by atoms with Crippen molar-refractivity contribution in [1.82, 2.24) is 5.32 Å². The smallest absolute Gasteiger partial charge is 0.337 e. The van der Waals surface area contributed by atoms with Gasteiger partial charge in [-0.3, -0.25) is 4.79 Å². The maximum atomic E-state index is 11.3. The molecule has 0 saturated carbocycles. The van der Waals surface area contributed by atoms with E-state index in [-0.39, 0.29) is 18.0 Å². The highest BCUT2D eigenvalue weighted by atomic mass is 127. The van der Waals surface area contributed by atoms with E-state index in [2.05, 4.69) is 27.9 Å². The number of hydrogen-bond acceptors (Lipinski definition) is 3. The van der Waals surface area contributed by atoms with Crippen LogP contribution in [0.2, 0.25) is 0 Å². The summed E-state index contributed by atoms with van der Waals surface area (Å²) < 4.78 is 1.93. The maximum absolute atomic E-state index is 11.3. The molecule has 1 rings (SSSR count). The summed E-state index contributed by atoms with van der Waals surface area (Å²) in [4.78, 5) is 22.6. The molecule has 104 valence electrons. The minimum atomic E-state index is -1.01. The summed E-state index contributed by atoms with van der Waals surface area (Å²) >= 11 is 6.00. The lowest BCUT2D eigenvalue weighted by atomic mass is 10.1. The van der Waals surface area contributed by atoms with Gasteiger partial charge in [-0.25, -0.2) is 4.79 Å². The number of anilines is 1. The van der Waals surface area contributed by atoms with Gasteiger partial charge in [0.15, 0.2) is 0 Å². The molecule has 1 aromatic carbocycles. The molecule has 0 saturated heterocycles. The number of benzene rings is 1. The van der Waals surface area contributed by atoms with Crippen LogP contribution in [0.15, 0.2) is 0 Å². The van der Waals surface area contributed by atoms with Crippen LogP contribution in [0.5, 0.6) is 0 Å². The molecule has 19 heavy (non-hydrogen) atoms. The van der Waals surface area contributed by atoms with Gasteiger partial charge in [-0.15, -0.1) is 0 Å². The van der Waals surface area contributed by atoms with E-state index < -0.39 is 5.97 Å². The zero-order chi connectivity index (χ0) is 14.7. The van der Waals surface area contributed by atoms with Crippen LogP contribution in [0, 0.1) is 10.7 Å². The van der Waals surface area contributed by atoms with Gasteiger partial charge in [-0.1, -0.05) is 6.92 Å². The zero-order valence-electron chi connectivity index (χ0n) is 9.89. The third-order valence-corrected chi connectivity index (χ3v) is 5.98. The fourth-order valence-corrected chi connectivity index (χ4v) is 5.40. The Morgan fingerprint density at radius 2 is 1.79 bits per heavy atom. The molecule has 1 amide bonds. The van der Waals surface area contributed by atoms with Gasteiger partial charge in [0.1, 0.15) is 0 Å². The Morgan fingerprint density at radius 3 is 2.26 bits per heavy atom. The molecule has 1 aromatic rings. The first-order chi connectivity index (χ1) is 8.81. The number of aromatic carboxylic acids is 1. The third kappa shape index (κ3) is 3.83. The predicted octanol–water partition coefficient (Wildman–Crippen LogP) is 2.81. The van der Waals surface area contributed by atoms with E-state index in [4.69, 9.17) is 5.73 Å². The van der Waals surface area contributed by atoms with E-state index in [0.29, 0.717) is 19.2 Å². The summed E-state index contributed by atoms with van der Waals surface area (Å²) in [6.45, 7) is 2.04. The van der Waals surface area contributed by atoms with Gasteiger partial charge >= 0.3 is 5.97 Å². The largest absolute Gasteiger partial charge is 0.478 e. The molecular weight excluding hydrogens is 589 g/mol. The zero-order valence-corrected chi connectivity index (χ0v) is 16.4. The van der Waals surface area contributed by atoms with Crippen LogP contribution in [0.3, 0.4) is 0 Å². The van der Waals surface area contributed by atoms with Crippen LogP contribution in [0.1, 0.15) is 29.3 Å². The first-order valence-corrected chi connectivity index (χ1v) is 8.49. The number of carboxylic acids is 1. The number of nitrogen functional groups attached to an aromatic ring is 1. The van der Waals surface area contributed by atoms with Crippen molar-refractivity contribution in [2.75, 3.05) is 5.73 Å². The Morgan fingerprint density at radius 1 is 1.21 bits per heavy atom. The number of carbonyl (C=O) groups excluding carboxylic acids is 1. The first kappa shape index (κ1) is 17.2. The Labute approximate surface area is 151 Å².